The Morgan fingerprint density at radius 1 is 1.20 bits per heavy atom. The molecule has 192 valence electrons. The third kappa shape index (κ3) is 5.79. The lowest BCUT2D eigenvalue weighted by Gasteiger charge is -2.38. The van der Waals surface area contributed by atoms with E-state index in [9.17, 15) is 32.4 Å². The molecule has 0 aliphatic carbocycles. The van der Waals surface area contributed by atoms with Crippen molar-refractivity contribution >= 4 is 51.3 Å². The standard InChI is InChI=1S/C20H27N5O8S2/c1-3-4-5-8-23-10-12(2)25(19(29)18(23)28)20(30)22-15(14-7-6-9-34-14)16(26)21-13-11-24(17(13)27)35(31,32)33/h6-7,9,12-13,15H,3-5,8,10-11H2,1-2H3,(H,21,26)(H,22,30)(H,31,32,33). The average Bonchev–Trinajstić information content (AvgIpc) is 3.31. The summed E-state index contributed by atoms with van der Waals surface area (Å²) < 4.78 is 31.4. The molecule has 3 atom stereocenters. The third-order valence-electron chi connectivity index (χ3n) is 5.71. The van der Waals surface area contributed by atoms with Crippen LogP contribution in [0.25, 0.3) is 0 Å². The van der Waals surface area contributed by atoms with Gasteiger partial charge in [0.05, 0.1) is 12.6 Å². The molecule has 0 aromatic carbocycles. The van der Waals surface area contributed by atoms with E-state index in [1.165, 1.54) is 4.90 Å². The number of carbonyl (C=O) groups excluding carboxylic acids is 5. The number of rotatable bonds is 9. The van der Waals surface area contributed by atoms with Gasteiger partial charge in [0.15, 0.2) is 0 Å². The molecule has 15 heteroatoms. The number of hydrogen-bond acceptors (Lipinski definition) is 8. The van der Waals surface area contributed by atoms with E-state index in [0.29, 0.717) is 11.4 Å². The molecule has 2 saturated heterocycles. The molecule has 2 aliphatic heterocycles. The van der Waals surface area contributed by atoms with Gasteiger partial charge >= 0.3 is 28.1 Å². The Bertz CT molecular complexity index is 1110. The average molecular weight is 530 g/mol. The molecule has 2 fully saturated rings. The summed E-state index contributed by atoms with van der Waals surface area (Å²) in [4.78, 5) is 65.7. The highest BCUT2D eigenvalue weighted by molar-refractivity contribution is 7.84. The number of hydrogen-bond donors (Lipinski definition) is 3. The molecule has 0 bridgehead atoms. The maximum Gasteiger partial charge on any atom is 0.362 e. The van der Waals surface area contributed by atoms with Crippen LogP contribution in [-0.4, -0.2) is 88.5 Å². The second-order valence-electron chi connectivity index (χ2n) is 8.29. The highest BCUT2D eigenvalue weighted by Crippen LogP contribution is 2.23. The van der Waals surface area contributed by atoms with E-state index in [0.717, 1.165) is 35.5 Å². The predicted molar refractivity (Wildman–Crippen MR) is 123 cm³/mol. The summed E-state index contributed by atoms with van der Waals surface area (Å²) in [6, 6.07) is -0.912. The number of nitrogens with one attached hydrogen (secondary N) is 2. The first-order valence-corrected chi connectivity index (χ1v) is 13.3. The van der Waals surface area contributed by atoms with E-state index >= 15 is 0 Å². The summed E-state index contributed by atoms with van der Waals surface area (Å²) in [5.41, 5.74) is 0. The van der Waals surface area contributed by atoms with Crippen molar-refractivity contribution in [3.8, 4) is 0 Å². The van der Waals surface area contributed by atoms with E-state index < -0.39 is 64.6 Å². The Morgan fingerprint density at radius 3 is 2.49 bits per heavy atom. The number of amides is 6. The second-order valence-corrected chi connectivity index (χ2v) is 10.6. The number of imide groups is 1. The molecule has 1 aromatic heterocycles. The van der Waals surface area contributed by atoms with Gasteiger partial charge in [0.25, 0.3) is 5.91 Å². The Balaban J connectivity index is 1.69. The van der Waals surface area contributed by atoms with Crippen LogP contribution in [-0.2, 0) is 29.5 Å². The molecule has 3 unspecified atom stereocenters. The maximum atomic E-state index is 13.0. The lowest BCUT2D eigenvalue weighted by Crippen LogP contribution is -2.66. The maximum absolute atomic E-state index is 13.0. The molecule has 1 aromatic rings. The van der Waals surface area contributed by atoms with E-state index in [1.807, 2.05) is 6.92 Å². The van der Waals surface area contributed by atoms with Crippen LogP contribution < -0.4 is 10.6 Å². The zero-order valence-corrected chi connectivity index (χ0v) is 20.8. The van der Waals surface area contributed by atoms with Gasteiger partial charge < -0.3 is 15.5 Å². The van der Waals surface area contributed by atoms with Crippen molar-refractivity contribution in [2.45, 2.75) is 51.2 Å². The van der Waals surface area contributed by atoms with Gasteiger partial charge in [-0.15, -0.1) is 11.3 Å². The molecule has 3 heterocycles. The molecule has 3 rings (SSSR count). The highest BCUT2D eigenvalue weighted by atomic mass is 32.2. The highest BCUT2D eigenvalue weighted by Gasteiger charge is 2.46. The summed E-state index contributed by atoms with van der Waals surface area (Å²) in [5, 5.41) is 6.44. The molecular formula is C20H27N5O8S2. The molecule has 35 heavy (non-hydrogen) atoms. The van der Waals surface area contributed by atoms with E-state index in [1.54, 1.807) is 24.4 Å². The minimum absolute atomic E-state index is 0.166. The van der Waals surface area contributed by atoms with Crippen LogP contribution in [0.2, 0.25) is 0 Å². The lowest BCUT2D eigenvalue weighted by atomic mass is 10.1. The summed E-state index contributed by atoms with van der Waals surface area (Å²) >= 11 is 1.13. The van der Waals surface area contributed by atoms with Crippen LogP contribution in [0.1, 0.15) is 44.0 Å². The lowest BCUT2D eigenvalue weighted by molar-refractivity contribution is -0.156. The zero-order chi connectivity index (χ0) is 25.9. The van der Waals surface area contributed by atoms with Gasteiger partial charge in [0.2, 0.25) is 5.91 Å². The molecule has 2 aliphatic rings. The fourth-order valence-electron chi connectivity index (χ4n) is 3.84. The monoisotopic (exact) mass is 529 g/mol. The van der Waals surface area contributed by atoms with Crippen LogP contribution in [0.5, 0.6) is 0 Å². The largest absolute Gasteiger partial charge is 0.362 e. The summed E-state index contributed by atoms with van der Waals surface area (Å²) in [6.07, 6.45) is 2.59. The second kappa shape index (κ2) is 10.7. The van der Waals surface area contributed by atoms with Gasteiger partial charge in [0, 0.05) is 18.0 Å². The predicted octanol–water partition coefficient (Wildman–Crippen LogP) is -0.122. The molecule has 0 spiro atoms. The molecule has 3 N–H and O–H groups in total. The van der Waals surface area contributed by atoms with Crippen LogP contribution in [0.4, 0.5) is 4.79 Å². The zero-order valence-electron chi connectivity index (χ0n) is 19.2. The van der Waals surface area contributed by atoms with Crippen LogP contribution in [0.3, 0.4) is 0 Å². The van der Waals surface area contributed by atoms with Crippen LogP contribution in [0.15, 0.2) is 17.5 Å². The van der Waals surface area contributed by atoms with Gasteiger partial charge in [-0.05, 0) is 24.8 Å². The quantitative estimate of drug-likeness (QED) is 0.172. The van der Waals surface area contributed by atoms with Gasteiger partial charge in [0.1, 0.15) is 12.1 Å². The van der Waals surface area contributed by atoms with E-state index in [2.05, 4.69) is 10.6 Å². The number of β-lactam (4-membered cyclic amide) rings is 1. The summed E-state index contributed by atoms with van der Waals surface area (Å²) in [7, 11) is -4.73. The Hall–Kier alpha value is -3.04. The summed E-state index contributed by atoms with van der Waals surface area (Å²) in [6.45, 7) is 3.75. The van der Waals surface area contributed by atoms with Crippen molar-refractivity contribution in [3.05, 3.63) is 22.4 Å². The number of unbranched alkanes of at least 4 members (excludes halogenated alkanes) is 2. The molecule has 0 radical (unpaired) electrons. The Morgan fingerprint density at radius 2 is 1.91 bits per heavy atom. The molecule has 0 saturated carbocycles. The van der Waals surface area contributed by atoms with Crippen LogP contribution in [0, 0.1) is 0 Å². The number of carbonyl (C=O) groups is 5. The topological polar surface area (TPSA) is 173 Å². The molecule has 6 amide bonds. The first-order chi connectivity index (χ1) is 16.5. The van der Waals surface area contributed by atoms with Gasteiger partial charge in [-0.25, -0.2) is 9.10 Å². The Kier molecular flexibility index (Phi) is 8.12. The normalized spacial score (nSPS) is 21.6. The number of piperazine rings is 1. The third-order valence-corrected chi connectivity index (χ3v) is 7.53. The molecule has 13 nitrogen and oxygen atoms in total. The fraction of sp³-hybridized carbons (Fsp3) is 0.550. The minimum Gasteiger partial charge on any atom is -0.340 e. The van der Waals surface area contributed by atoms with Gasteiger partial charge in [-0.2, -0.15) is 8.42 Å². The number of thiophene rings is 1. The first kappa shape index (κ1) is 26.6. The van der Waals surface area contributed by atoms with Crippen LogP contribution >= 0.6 is 11.3 Å². The number of urea groups is 1. The molecular weight excluding hydrogens is 502 g/mol. The minimum atomic E-state index is -4.73. The smallest absolute Gasteiger partial charge is 0.340 e. The SMILES string of the molecule is CCCCCN1CC(C)N(C(=O)NC(C(=O)NC2CN(S(=O)(=O)O)C2=O)c2cccs2)C(=O)C1=O. The first-order valence-electron chi connectivity index (χ1n) is 11.0. The Labute approximate surface area is 206 Å². The van der Waals surface area contributed by atoms with Gasteiger partial charge in [-0.3, -0.25) is 28.6 Å². The fourth-order valence-corrected chi connectivity index (χ4v) is 5.31. The van der Waals surface area contributed by atoms with Crippen molar-refractivity contribution < 1.29 is 36.9 Å². The van der Waals surface area contributed by atoms with Crippen molar-refractivity contribution in [2.24, 2.45) is 0 Å². The van der Waals surface area contributed by atoms with E-state index in [-0.39, 0.29) is 10.8 Å². The van der Waals surface area contributed by atoms with Crippen molar-refractivity contribution in [2.75, 3.05) is 19.6 Å². The van der Waals surface area contributed by atoms with Gasteiger partial charge in [-0.1, -0.05) is 25.8 Å². The van der Waals surface area contributed by atoms with Crippen molar-refractivity contribution in [1.82, 2.24) is 24.7 Å². The number of nitrogens with zero attached hydrogens (tertiary/aromatic N) is 3. The van der Waals surface area contributed by atoms with E-state index in [4.69, 9.17) is 4.55 Å². The van der Waals surface area contributed by atoms with Crippen molar-refractivity contribution in [1.29, 1.82) is 0 Å². The van der Waals surface area contributed by atoms with Crippen molar-refractivity contribution in [3.63, 3.8) is 0 Å². The summed E-state index contributed by atoms with van der Waals surface area (Å²) in [5.74, 6) is -3.64.